The molecule has 3 nitrogen and oxygen atoms in total. The molecular weight excluding hydrogens is 226 g/mol. The van der Waals surface area contributed by atoms with Gasteiger partial charge in [-0.15, -0.1) is 0 Å². The van der Waals surface area contributed by atoms with E-state index in [-0.39, 0.29) is 12.0 Å². The smallest absolute Gasteiger partial charge is 0.327 e. The average molecular weight is 249 g/mol. The molecule has 0 fully saturated rings. The van der Waals surface area contributed by atoms with Crippen LogP contribution < -0.4 is 5.32 Å². The second kappa shape index (κ2) is 7.17. The van der Waals surface area contributed by atoms with Gasteiger partial charge < -0.3 is 10.1 Å². The van der Waals surface area contributed by atoms with Gasteiger partial charge in [-0.05, 0) is 44.9 Å². The molecule has 1 atom stereocenters. The van der Waals surface area contributed by atoms with E-state index in [1.165, 1.54) is 0 Å². The first-order valence-corrected chi connectivity index (χ1v) is 6.57. The number of benzene rings is 1. The number of rotatable bonds is 6. The second-order valence-electron chi connectivity index (χ2n) is 4.50. The molecule has 0 aliphatic heterocycles. The number of nitrogens with one attached hydrogen (secondary N) is 1. The Kier molecular flexibility index (Phi) is 5.86. The van der Waals surface area contributed by atoms with Gasteiger partial charge in [0.25, 0.3) is 0 Å². The van der Waals surface area contributed by atoms with Gasteiger partial charge in [-0.25, -0.2) is 4.79 Å². The molecule has 0 bridgehead atoms. The Balaban J connectivity index is 3.00. The summed E-state index contributed by atoms with van der Waals surface area (Å²) in [6.07, 6.45) is 0.987. The van der Waals surface area contributed by atoms with E-state index in [4.69, 9.17) is 4.74 Å². The molecule has 1 rings (SSSR count). The largest absolute Gasteiger partial charge is 0.465 e. The number of hydrogen-bond donors (Lipinski definition) is 1. The van der Waals surface area contributed by atoms with Crippen LogP contribution in [0.1, 0.15) is 43.0 Å². The Hall–Kier alpha value is -1.35. The quantitative estimate of drug-likeness (QED) is 0.788. The maximum Gasteiger partial charge on any atom is 0.327 e. The zero-order chi connectivity index (χ0) is 13.5. The van der Waals surface area contributed by atoms with E-state index in [2.05, 4.69) is 24.4 Å². The minimum atomic E-state index is -0.357. The average Bonchev–Trinajstić information content (AvgIpc) is 2.34. The van der Waals surface area contributed by atoms with Crippen molar-refractivity contribution in [3.05, 3.63) is 34.9 Å². The number of aryl methyl sites for hydroxylation is 2. The maximum atomic E-state index is 12.0. The summed E-state index contributed by atoms with van der Waals surface area (Å²) >= 11 is 0. The molecule has 0 aliphatic carbocycles. The zero-order valence-electron chi connectivity index (χ0n) is 11.7. The van der Waals surface area contributed by atoms with Crippen LogP contribution in [-0.2, 0) is 9.53 Å². The lowest BCUT2D eigenvalue weighted by atomic mass is 9.99. The third-order valence-electron chi connectivity index (χ3n) is 2.87. The summed E-state index contributed by atoms with van der Waals surface area (Å²) in [5.74, 6) is -0.195. The predicted molar refractivity (Wildman–Crippen MR) is 73.6 cm³/mol. The van der Waals surface area contributed by atoms with Crippen molar-refractivity contribution in [1.82, 2.24) is 5.32 Å². The van der Waals surface area contributed by atoms with Crippen molar-refractivity contribution in [2.24, 2.45) is 0 Å². The second-order valence-corrected chi connectivity index (χ2v) is 4.50. The summed E-state index contributed by atoms with van der Waals surface area (Å²) in [7, 11) is 0. The topological polar surface area (TPSA) is 38.3 Å². The standard InChI is InChI=1S/C15H23NO2/c1-5-9-16-14(15(17)18-6-2)13-10-11(3)7-8-12(13)4/h7-8,10,14,16H,5-6,9H2,1-4H3. The van der Waals surface area contributed by atoms with Crippen molar-refractivity contribution >= 4 is 5.97 Å². The fourth-order valence-corrected chi connectivity index (χ4v) is 1.91. The van der Waals surface area contributed by atoms with Crippen LogP contribution in [0.2, 0.25) is 0 Å². The molecule has 1 aromatic carbocycles. The van der Waals surface area contributed by atoms with Gasteiger partial charge in [-0.2, -0.15) is 0 Å². The minimum Gasteiger partial charge on any atom is -0.465 e. The van der Waals surface area contributed by atoms with Crippen molar-refractivity contribution in [2.75, 3.05) is 13.2 Å². The maximum absolute atomic E-state index is 12.0. The minimum absolute atomic E-state index is 0.195. The summed E-state index contributed by atoms with van der Waals surface area (Å²) in [5.41, 5.74) is 3.28. The van der Waals surface area contributed by atoms with E-state index in [9.17, 15) is 4.79 Å². The fourth-order valence-electron chi connectivity index (χ4n) is 1.91. The first-order chi connectivity index (χ1) is 8.60. The van der Waals surface area contributed by atoms with Crippen LogP contribution in [0, 0.1) is 13.8 Å². The van der Waals surface area contributed by atoms with Crippen molar-refractivity contribution in [3.63, 3.8) is 0 Å². The molecule has 0 aliphatic rings. The lowest BCUT2D eigenvalue weighted by Gasteiger charge is -2.19. The Labute approximate surface area is 110 Å². The summed E-state index contributed by atoms with van der Waals surface area (Å²) in [5, 5.41) is 3.26. The fraction of sp³-hybridized carbons (Fsp3) is 0.533. The molecule has 18 heavy (non-hydrogen) atoms. The van der Waals surface area contributed by atoms with Crippen LogP contribution in [0.15, 0.2) is 18.2 Å². The highest BCUT2D eigenvalue weighted by atomic mass is 16.5. The monoisotopic (exact) mass is 249 g/mol. The van der Waals surface area contributed by atoms with Gasteiger partial charge in [0.2, 0.25) is 0 Å². The molecule has 0 radical (unpaired) electrons. The molecule has 1 unspecified atom stereocenters. The Morgan fingerprint density at radius 1 is 1.33 bits per heavy atom. The molecule has 3 heteroatoms. The number of carbonyl (C=O) groups excluding carboxylic acids is 1. The number of hydrogen-bond acceptors (Lipinski definition) is 3. The van der Waals surface area contributed by atoms with E-state index >= 15 is 0 Å². The van der Waals surface area contributed by atoms with Crippen molar-refractivity contribution in [1.29, 1.82) is 0 Å². The van der Waals surface area contributed by atoms with Crippen molar-refractivity contribution in [3.8, 4) is 0 Å². The van der Waals surface area contributed by atoms with Crippen LogP contribution >= 0.6 is 0 Å². The lowest BCUT2D eigenvalue weighted by molar-refractivity contribution is -0.145. The van der Waals surface area contributed by atoms with Gasteiger partial charge in [0.05, 0.1) is 6.61 Å². The molecule has 0 heterocycles. The van der Waals surface area contributed by atoms with Crippen LogP contribution in [-0.4, -0.2) is 19.1 Å². The molecular formula is C15H23NO2. The van der Waals surface area contributed by atoms with Gasteiger partial charge >= 0.3 is 5.97 Å². The van der Waals surface area contributed by atoms with E-state index in [0.717, 1.165) is 29.7 Å². The van der Waals surface area contributed by atoms with Crippen LogP contribution in [0.3, 0.4) is 0 Å². The van der Waals surface area contributed by atoms with E-state index in [1.807, 2.05) is 26.8 Å². The first kappa shape index (κ1) is 14.7. The summed E-state index contributed by atoms with van der Waals surface area (Å²) in [6.45, 7) is 9.18. The highest BCUT2D eigenvalue weighted by Crippen LogP contribution is 2.20. The Morgan fingerprint density at radius 3 is 2.67 bits per heavy atom. The molecule has 0 aromatic heterocycles. The van der Waals surface area contributed by atoms with Gasteiger partial charge in [0.1, 0.15) is 6.04 Å². The Morgan fingerprint density at radius 2 is 2.06 bits per heavy atom. The SMILES string of the molecule is CCCNC(C(=O)OCC)c1cc(C)ccc1C. The molecule has 0 spiro atoms. The zero-order valence-corrected chi connectivity index (χ0v) is 11.7. The first-order valence-electron chi connectivity index (χ1n) is 6.57. The number of ether oxygens (including phenoxy) is 1. The van der Waals surface area contributed by atoms with E-state index < -0.39 is 0 Å². The van der Waals surface area contributed by atoms with E-state index in [1.54, 1.807) is 0 Å². The highest BCUT2D eigenvalue weighted by Gasteiger charge is 2.22. The molecule has 0 saturated carbocycles. The van der Waals surface area contributed by atoms with Crippen LogP contribution in [0.25, 0.3) is 0 Å². The van der Waals surface area contributed by atoms with Gasteiger partial charge in [0, 0.05) is 0 Å². The number of carbonyl (C=O) groups is 1. The summed E-state index contributed by atoms with van der Waals surface area (Å²) in [6, 6.07) is 5.80. The highest BCUT2D eigenvalue weighted by molar-refractivity contribution is 5.78. The third kappa shape index (κ3) is 3.84. The number of esters is 1. The predicted octanol–water partition coefficient (Wildman–Crippen LogP) is 2.91. The van der Waals surface area contributed by atoms with E-state index in [0.29, 0.717) is 6.61 Å². The van der Waals surface area contributed by atoms with Crippen molar-refractivity contribution in [2.45, 2.75) is 40.2 Å². The van der Waals surface area contributed by atoms with Gasteiger partial charge in [0.15, 0.2) is 0 Å². The van der Waals surface area contributed by atoms with Crippen molar-refractivity contribution < 1.29 is 9.53 Å². The van der Waals surface area contributed by atoms with Crippen LogP contribution in [0.4, 0.5) is 0 Å². The Bertz CT molecular complexity index is 401. The molecule has 0 saturated heterocycles. The third-order valence-corrected chi connectivity index (χ3v) is 2.87. The van der Waals surface area contributed by atoms with Gasteiger partial charge in [-0.3, -0.25) is 0 Å². The van der Waals surface area contributed by atoms with Gasteiger partial charge in [-0.1, -0.05) is 30.7 Å². The summed E-state index contributed by atoms with van der Waals surface area (Å²) in [4.78, 5) is 12.0. The summed E-state index contributed by atoms with van der Waals surface area (Å²) < 4.78 is 5.15. The normalized spacial score (nSPS) is 12.2. The molecule has 1 N–H and O–H groups in total. The van der Waals surface area contributed by atoms with Crippen LogP contribution in [0.5, 0.6) is 0 Å². The molecule has 0 amide bonds. The molecule has 100 valence electrons. The molecule has 1 aromatic rings. The lowest BCUT2D eigenvalue weighted by Crippen LogP contribution is -2.31.